The molecule has 3 nitrogen and oxygen atoms in total. The van der Waals surface area contributed by atoms with Gasteiger partial charge >= 0.3 is 0 Å². The third-order valence-electron chi connectivity index (χ3n) is 5.19. The van der Waals surface area contributed by atoms with Gasteiger partial charge in [0.2, 0.25) is 0 Å². The normalized spacial score (nSPS) is 53.1. The maximum Gasteiger partial charge on any atom is 0.266 e. The maximum atomic E-state index is 13.7. The van der Waals surface area contributed by atoms with Crippen LogP contribution in [0.25, 0.3) is 0 Å². The van der Waals surface area contributed by atoms with E-state index >= 15 is 0 Å². The summed E-state index contributed by atoms with van der Waals surface area (Å²) >= 11 is -1.87. The third-order valence-corrected chi connectivity index (χ3v) is 6.05. The lowest BCUT2D eigenvalue weighted by molar-refractivity contribution is -0.0728. The number of hydrogen-bond donors (Lipinski definition) is 0. The minimum absolute atomic E-state index is 0.111. The second-order valence-electron chi connectivity index (χ2n) is 5.62. The van der Waals surface area contributed by atoms with E-state index in [1.807, 2.05) is 0 Å². The molecule has 1 aliphatic heterocycles. The van der Waals surface area contributed by atoms with Crippen LogP contribution in [-0.2, 0) is 15.4 Å². The van der Waals surface area contributed by atoms with Gasteiger partial charge in [0.25, 0.3) is 11.3 Å². The van der Waals surface area contributed by atoms with Crippen LogP contribution < -0.4 is 0 Å². The van der Waals surface area contributed by atoms with E-state index in [1.165, 1.54) is 0 Å². The highest BCUT2D eigenvalue weighted by Crippen LogP contribution is 2.68. The van der Waals surface area contributed by atoms with Crippen LogP contribution in [0.1, 0.15) is 33.1 Å². The molecule has 1 heterocycles. The smallest absolute Gasteiger partial charge is 0.266 e. The molecule has 2 saturated carbocycles. The SMILES string of the molecule is CC1(C)C2CCC13COS(=O)N(F)C3C2. The summed E-state index contributed by atoms with van der Waals surface area (Å²) in [6.45, 7) is 4.86. The highest BCUT2D eigenvalue weighted by atomic mass is 32.2. The Balaban J connectivity index is 2.04. The van der Waals surface area contributed by atoms with Crippen molar-refractivity contribution in [1.29, 1.82) is 0 Å². The predicted octanol–water partition coefficient (Wildman–Crippen LogP) is 1.98. The first-order valence-corrected chi connectivity index (χ1v) is 6.52. The maximum absolute atomic E-state index is 13.7. The van der Waals surface area contributed by atoms with Crippen LogP contribution in [0.3, 0.4) is 0 Å². The first-order valence-electron chi connectivity index (χ1n) is 5.49. The molecule has 86 valence electrons. The van der Waals surface area contributed by atoms with Crippen LogP contribution >= 0.6 is 0 Å². The zero-order valence-corrected chi connectivity index (χ0v) is 9.85. The summed E-state index contributed by atoms with van der Waals surface area (Å²) in [6, 6.07) is -0.194. The summed E-state index contributed by atoms with van der Waals surface area (Å²) < 4.78 is 30.5. The second kappa shape index (κ2) is 2.81. The largest absolute Gasteiger partial charge is 0.276 e. The molecule has 3 aliphatic rings. The molecule has 2 bridgehead atoms. The Hall–Kier alpha value is -0.0000000000000000278. The predicted molar refractivity (Wildman–Crippen MR) is 54.4 cm³/mol. The van der Waals surface area contributed by atoms with E-state index < -0.39 is 11.3 Å². The summed E-state index contributed by atoms with van der Waals surface area (Å²) in [7, 11) is 0. The number of nitrogens with zero attached hydrogens (tertiary/aromatic N) is 1. The van der Waals surface area contributed by atoms with Crippen LogP contribution in [-0.4, -0.2) is 21.4 Å². The van der Waals surface area contributed by atoms with Crippen molar-refractivity contribution in [1.82, 2.24) is 4.53 Å². The molecule has 3 fully saturated rings. The molecule has 15 heavy (non-hydrogen) atoms. The van der Waals surface area contributed by atoms with Crippen molar-refractivity contribution in [2.75, 3.05) is 6.61 Å². The zero-order valence-electron chi connectivity index (χ0n) is 9.03. The molecule has 4 atom stereocenters. The molecule has 1 spiro atoms. The van der Waals surface area contributed by atoms with E-state index in [9.17, 15) is 8.69 Å². The zero-order chi connectivity index (χ0) is 10.8. The molecule has 0 amide bonds. The van der Waals surface area contributed by atoms with E-state index in [0.29, 0.717) is 17.1 Å². The summed E-state index contributed by atoms with van der Waals surface area (Å²) in [5, 5.41) is 0. The van der Waals surface area contributed by atoms with Crippen molar-refractivity contribution in [3.8, 4) is 0 Å². The van der Waals surface area contributed by atoms with Crippen LogP contribution in [0.5, 0.6) is 0 Å². The average molecular weight is 233 g/mol. The van der Waals surface area contributed by atoms with Crippen molar-refractivity contribution >= 4 is 11.3 Å². The van der Waals surface area contributed by atoms with E-state index in [2.05, 4.69) is 13.8 Å². The second-order valence-corrected chi connectivity index (χ2v) is 6.63. The van der Waals surface area contributed by atoms with Crippen LogP contribution in [0.15, 0.2) is 0 Å². The summed E-state index contributed by atoms with van der Waals surface area (Å²) in [4.78, 5) is 0. The topological polar surface area (TPSA) is 29.5 Å². The molecule has 3 rings (SSSR count). The Morgan fingerprint density at radius 3 is 2.93 bits per heavy atom. The van der Waals surface area contributed by atoms with Crippen molar-refractivity contribution in [3.63, 3.8) is 0 Å². The molecule has 0 aromatic heterocycles. The summed E-state index contributed by atoms with van der Waals surface area (Å²) in [5.74, 6) is 0.555. The summed E-state index contributed by atoms with van der Waals surface area (Å²) in [5.41, 5.74) is 0.00690. The van der Waals surface area contributed by atoms with Gasteiger partial charge in [-0.2, -0.15) is 0 Å². The lowest BCUT2D eigenvalue weighted by atomic mass is 9.68. The van der Waals surface area contributed by atoms with Gasteiger partial charge in [0.15, 0.2) is 0 Å². The lowest BCUT2D eigenvalue weighted by Gasteiger charge is -2.45. The lowest BCUT2D eigenvalue weighted by Crippen LogP contribution is -2.53. The summed E-state index contributed by atoms with van der Waals surface area (Å²) in [6.07, 6.45) is 3.00. The quantitative estimate of drug-likeness (QED) is 0.599. The Morgan fingerprint density at radius 1 is 1.53 bits per heavy atom. The molecule has 2 aliphatic carbocycles. The van der Waals surface area contributed by atoms with Crippen LogP contribution in [0, 0.1) is 16.7 Å². The minimum Gasteiger partial charge on any atom is -0.276 e. The fraction of sp³-hybridized carbons (Fsp3) is 1.00. The standard InChI is InChI=1S/C10H16FNO2S/c1-9(2)7-3-4-10(9)6-14-15(13)12(11)8(10)5-7/h7-8H,3-6H2,1-2H3. The highest BCUT2D eigenvalue weighted by Gasteiger charge is 2.68. The number of halogens is 1. The Morgan fingerprint density at radius 2 is 2.27 bits per heavy atom. The molecule has 0 N–H and O–H groups in total. The van der Waals surface area contributed by atoms with E-state index in [1.54, 1.807) is 0 Å². The number of hydrogen-bond acceptors (Lipinski definition) is 2. The van der Waals surface area contributed by atoms with Crippen LogP contribution in [0.2, 0.25) is 0 Å². The van der Waals surface area contributed by atoms with Crippen LogP contribution in [0.4, 0.5) is 4.48 Å². The van der Waals surface area contributed by atoms with Crippen molar-refractivity contribution in [2.45, 2.75) is 39.2 Å². The molecule has 0 aromatic rings. The molecule has 0 aromatic carbocycles. The van der Waals surface area contributed by atoms with Crippen molar-refractivity contribution in [3.05, 3.63) is 0 Å². The average Bonchev–Trinajstić information content (AvgIpc) is 2.57. The molecular formula is C10H16FNO2S. The van der Waals surface area contributed by atoms with Crippen molar-refractivity contribution < 1.29 is 12.9 Å². The molecule has 1 saturated heterocycles. The molecular weight excluding hydrogens is 217 g/mol. The van der Waals surface area contributed by atoms with E-state index in [4.69, 9.17) is 4.18 Å². The van der Waals surface area contributed by atoms with Gasteiger partial charge < -0.3 is 0 Å². The first-order chi connectivity index (χ1) is 6.99. The third kappa shape index (κ3) is 0.996. The minimum atomic E-state index is -1.87. The Bertz CT molecular complexity index is 335. The first kappa shape index (κ1) is 10.2. The highest BCUT2D eigenvalue weighted by molar-refractivity contribution is 7.77. The number of rotatable bonds is 0. The molecule has 4 unspecified atom stereocenters. The Labute approximate surface area is 91.7 Å². The van der Waals surface area contributed by atoms with Gasteiger partial charge in [-0.15, -0.1) is 4.48 Å². The van der Waals surface area contributed by atoms with E-state index in [-0.39, 0.29) is 16.9 Å². The number of fused-ring (bicyclic) bond motifs is 1. The van der Waals surface area contributed by atoms with Gasteiger partial charge in [0.1, 0.15) is 0 Å². The molecule has 0 radical (unpaired) electrons. The monoisotopic (exact) mass is 233 g/mol. The van der Waals surface area contributed by atoms with Gasteiger partial charge in [0, 0.05) is 5.41 Å². The Kier molecular flexibility index (Phi) is 1.91. The van der Waals surface area contributed by atoms with Gasteiger partial charge in [-0.05, 0) is 35.1 Å². The van der Waals surface area contributed by atoms with Gasteiger partial charge in [-0.3, -0.25) is 4.18 Å². The van der Waals surface area contributed by atoms with Gasteiger partial charge in [-0.25, -0.2) is 4.21 Å². The van der Waals surface area contributed by atoms with Gasteiger partial charge in [-0.1, -0.05) is 13.8 Å². The van der Waals surface area contributed by atoms with Gasteiger partial charge in [0.05, 0.1) is 12.6 Å². The van der Waals surface area contributed by atoms with Crippen molar-refractivity contribution in [2.24, 2.45) is 16.7 Å². The van der Waals surface area contributed by atoms with E-state index in [0.717, 1.165) is 19.3 Å². The fourth-order valence-electron chi connectivity index (χ4n) is 3.97. The fourth-order valence-corrected chi connectivity index (χ4v) is 4.87. The molecule has 5 heteroatoms.